The molecule has 0 saturated carbocycles. The van der Waals surface area contributed by atoms with Gasteiger partial charge in [-0.3, -0.25) is 4.79 Å². The van der Waals surface area contributed by atoms with Gasteiger partial charge in [0.25, 0.3) is 5.91 Å². The van der Waals surface area contributed by atoms with Crippen LogP contribution in [0.2, 0.25) is 0 Å². The van der Waals surface area contributed by atoms with Crippen LogP contribution in [0.4, 0.5) is 13.2 Å². The van der Waals surface area contributed by atoms with Gasteiger partial charge in [-0.15, -0.1) is 0 Å². The van der Waals surface area contributed by atoms with Gasteiger partial charge in [0, 0.05) is 23.3 Å². The highest BCUT2D eigenvalue weighted by Gasteiger charge is 2.39. The Bertz CT molecular complexity index is 1710. The molecule has 0 fully saturated rings. The van der Waals surface area contributed by atoms with Gasteiger partial charge < -0.3 is 19.3 Å². The lowest BCUT2D eigenvalue weighted by molar-refractivity contribution is 0.0694. The van der Waals surface area contributed by atoms with Crippen molar-refractivity contribution in [3.63, 3.8) is 0 Å². The number of carboxylic acid groups (broad SMARTS) is 1. The standard InChI is InChI=1S/C31H23F3N2O6S/c1-40-21-14-23(33)26(24(34)15-21)29(37)36-30(43-28(35-36)18-9-11-20(32)12-10-18)22-7-4-8-25(27(22)41-2)42-16-17-5-3-6-19(13-17)31(38)39/h3-15,30H,16H2,1-2H3,(H,38,39). The van der Waals surface area contributed by atoms with Gasteiger partial charge in [-0.1, -0.05) is 36.0 Å². The van der Waals surface area contributed by atoms with Crippen molar-refractivity contribution in [3.05, 3.63) is 124 Å². The number of amides is 1. The summed E-state index contributed by atoms with van der Waals surface area (Å²) in [6, 6.07) is 18.4. The predicted molar refractivity (Wildman–Crippen MR) is 153 cm³/mol. The fraction of sp³-hybridized carbons (Fsp3) is 0.129. The molecule has 0 saturated heterocycles. The van der Waals surface area contributed by atoms with Crippen molar-refractivity contribution >= 4 is 28.7 Å². The molecule has 43 heavy (non-hydrogen) atoms. The summed E-state index contributed by atoms with van der Waals surface area (Å²) >= 11 is 1.09. The third-order valence-electron chi connectivity index (χ3n) is 6.46. The molecule has 4 aromatic carbocycles. The first-order valence-electron chi connectivity index (χ1n) is 12.7. The van der Waals surface area contributed by atoms with E-state index in [1.54, 1.807) is 30.3 Å². The number of para-hydroxylation sites is 1. The second-order valence-electron chi connectivity index (χ2n) is 9.17. The molecule has 0 bridgehead atoms. The zero-order chi connectivity index (χ0) is 30.7. The first-order chi connectivity index (χ1) is 20.7. The van der Waals surface area contributed by atoms with E-state index >= 15 is 0 Å². The molecule has 1 heterocycles. The van der Waals surface area contributed by atoms with Gasteiger partial charge >= 0.3 is 5.97 Å². The Hall–Kier alpha value is -4.97. The number of carboxylic acids is 1. The number of methoxy groups -OCH3 is 2. The number of aromatic carboxylic acids is 1. The van der Waals surface area contributed by atoms with Crippen LogP contribution >= 0.6 is 11.8 Å². The van der Waals surface area contributed by atoms with Gasteiger partial charge in [0.05, 0.1) is 19.8 Å². The molecule has 4 aromatic rings. The SMILES string of the molecule is COc1cc(F)c(C(=O)N2N=C(c3ccc(F)cc3)SC2c2cccc(OCc3cccc(C(=O)O)c3)c2OC)c(F)c1. The summed E-state index contributed by atoms with van der Waals surface area (Å²) in [7, 11) is 2.64. The highest BCUT2D eigenvalue weighted by molar-refractivity contribution is 8.14. The smallest absolute Gasteiger partial charge is 0.335 e. The number of hydrazone groups is 1. The lowest BCUT2D eigenvalue weighted by Crippen LogP contribution is -2.28. The molecule has 0 spiro atoms. The van der Waals surface area contributed by atoms with Crippen LogP contribution in [0.5, 0.6) is 17.2 Å². The number of carbonyl (C=O) groups excluding carboxylic acids is 1. The Morgan fingerprint density at radius 2 is 1.63 bits per heavy atom. The van der Waals surface area contributed by atoms with Crippen LogP contribution in [-0.4, -0.2) is 41.3 Å². The minimum Gasteiger partial charge on any atom is -0.497 e. The number of hydrogen-bond donors (Lipinski definition) is 1. The number of benzene rings is 4. The molecule has 8 nitrogen and oxygen atoms in total. The van der Waals surface area contributed by atoms with E-state index in [4.69, 9.17) is 14.2 Å². The largest absolute Gasteiger partial charge is 0.497 e. The second-order valence-corrected chi connectivity index (χ2v) is 10.2. The molecule has 1 unspecified atom stereocenters. The van der Waals surface area contributed by atoms with Crippen LogP contribution in [0.15, 0.2) is 84.0 Å². The lowest BCUT2D eigenvalue weighted by atomic mass is 10.1. The lowest BCUT2D eigenvalue weighted by Gasteiger charge is -2.24. The van der Waals surface area contributed by atoms with Crippen molar-refractivity contribution in [1.29, 1.82) is 0 Å². The molecule has 1 aliphatic rings. The Morgan fingerprint density at radius 1 is 0.930 bits per heavy atom. The first-order valence-corrected chi connectivity index (χ1v) is 13.6. The second kappa shape index (κ2) is 12.5. The van der Waals surface area contributed by atoms with Crippen molar-refractivity contribution in [2.45, 2.75) is 12.0 Å². The van der Waals surface area contributed by atoms with E-state index in [0.717, 1.165) is 28.9 Å². The van der Waals surface area contributed by atoms with E-state index in [0.29, 0.717) is 21.7 Å². The van der Waals surface area contributed by atoms with Crippen molar-refractivity contribution in [3.8, 4) is 17.2 Å². The molecule has 12 heteroatoms. The van der Waals surface area contributed by atoms with Crippen LogP contribution in [0.1, 0.15) is 42.8 Å². The third kappa shape index (κ3) is 6.14. The maximum Gasteiger partial charge on any atom is 0.335 e. The summed E-state index contributed by atoms with van der Waals surface area (Å²) in [5.41, 5.74) is 0.730. The van der Waals surface area contributed by atoms with Crippen molar-refractivity contribution in [2.24, 2.45) is 5.10 Å². The first kappa shape index (κ1) is 29.5. The summed E-state index contributed by atoms with van der Waals surface area (Å²) in [5.74, 6) is -4.50. The van der Waals surface area contributed by atoms with Crippen molar-refractivity contribution < 1.29 is 42.1 Å². The quantitative estimate of drug-likeness (QED) is 0.227. The van der Waals surface area contributed by atoms with Crippen molar-refractivity contribution in [2.75, 3.05) is 14.2 Å². The highest BCUT2D eigenvalue weighted by atomic mass is 32.2. The topological polar surface area (TPSA) is 97.7 Å². The molecule has 1 aliphatic heterocycles. The molecule has 220 valence electrons. The highest BCUT2D eigenvalue weighted by Crippen LogP contribution is 2.48. The number of thioether (sulfide) groups is 1. The van der Waals surface area contributed by atoms with Gasteiger partial charge in [0.1, 0.15) is 45.8 Å². The van der Waals surface area contributed by atoms with Crippen molar-refractivity contribution in [1.82, 2.24) is 5.01 Å². The van der Waals surface area contributed by atoms with Gasteiger partial charge in [-0.2, -0.15) is 5.10 Å². The number of carbonyl (C=O) groups is 2. The summed E-state index contributed by atoms with van der Waals surface area (Å²) in [6.45, 7) is 0.000980. The van der Waals surface area contributed by atoms with Gasteiger partial charge in [-0.25, -0.2) is 23.0 Å². The number of nitrogens with zero attached hydrogens (tertiary/aromatic N) is 2. The van der Waals surface area contributed by atoms with Gasteiger partial charge in [0.15, 0.2) is 11.5 Å². The molecule has 0 radical (unpaired) electrons. The van der Waals surface area contributed by atoms with E-state index in [9.17, 15) is 27.9 Å². The summed E-state index contributed by atoms with van der Waals surface area (Å²) in [5, 5.41) is 13.9. The molecule has 1 N–H and O–H groups in total. The maximum atomic E-state index is 15.0. The van der Waals surface area contributed by atoms with E-state index in [1.165, 1.54) is 50.6 Å². The minimum atomic E-state index is -1.14. The Labute approximate surface area is 248 Å². The number of hydrogen-bond acceptors (Lipinski definition) is 7. The molecule has 0 aromatic heterocycles. The van der Waals surface area contributed by atoms with E-state index < -0.39 is 40.3 Å². The summed E-state index contributed by atoms with van der Waals surface area (Å²) in [6.07, 6.45) is 0. The van der Waals surface area contributed by atoms with E-state index in [1.807, 2.05) is 0 Å². The van der Waals surface area contributed by atoms with E-state index in [-0.39, 0.29) is 29.4 Å². The van der Waals surface area contributed by atoms with Crippen LogP contribution in [0.25, 0.3) is 0 Å². The van der Waals surface area contributed by atoms with Crippen LogP contribution in [-0.2, 0) is 6.61 Å². The fourth-order valence-electron chi connectivity index (χ4n) is 4.40. The summed E-state index contributed by atoms with van der Waals surface area (Å²) in [4.78, 5) is 25.0. The molecule has 1 amide bonds. The predicted octanol–water partition coefficient (Wildman–Crippen LogP) is 6.65. The maximum absolute atomic E-state index is 15.0. The molecular formula is C31H23F3N2O6S. The monoisotopic (exact) mass is 608 g/mol. The Kier molecular flexibility index (Phi) is 8.58. The van der Waals surface area contributed by atoms with Gasteiger partial charge in [0.2, 0.25) is 0 Å². The molecule has 1 atom stereocenters. The Morgan fingerprint density at radius 3 is 2.28 bits per heavy atom. The molecule has 0 aliphatic carbocycles. The average molecular weight is 609 g/mol. The van der Waals surface area contributed by atoms with Crippen LogP contribution in [0.3, 0.4) is 0 Å². The zero-order valence-corrected chi connectivity index (χ0v) is 23.5. The average Bonchev–Trinajstić information content (AvgIpc) is 3.45. The Balaban J connectivity index is 1.53. The van der Waals surface area contributed by atoms with Crippen LogP contribution in [0, 0.1) is 17.5 Å². The zero-order valence-electron chi connectivity index (χ0n) is 22.7. The third-order valence-corrected chi connectivity index (χ3v) is 7.67. The summed E-state index contributed by atoms with van der Waals surface area (Å²) < 4.78 is 60.2. The number of rotatable bonds is 9. The normalized spacial score (nSPS) is 14.3. The van der Waals surface area contributed by atoms with E-state index in [2.05, 4.69) is 5.10 Å². The molecular weight excluding hydrogens is 585 g/mol. The minimum absolute atomic E-state index is 0.000980. The molecule has 5 rings (SSSR count). The number of ether oxygens (including phenoxy) is 3. The fourth-order valence-corrected chi connectivity index (χ4v) is 5.57. The number of halogens is 3. The van der Waals surface area contributed by atoms with Gasteiger partial charge in [-0.05, 0) is 48.0 Å². The van der Waals surface area contributed by atoms with Crippen LogP contribution < -0.4 is 14.2 Å².